The minimum atomic E-state index is -0.0701. The van der Waals surface area contributed by atoms with E-state index in [4.69, 9.17) is 14.5 Å². The molecule has 0 unspecified atom stereocenters. The number of fused-ring (bicyclic) bond motifs is 1. The molecule has 6 nitrogen and oxygen atoms in total. The first kappa shape index (κ1) is 24.5. The first-order valence-corrected chi connectivity index (χ1v) is 11.6. The Morgan fingerprint density at radius 2 is 1.94 bits per heavy atom. The molecular weight excluding hydrogens is 446 g/mol. The molecule has 172 valence electrons. The topological polar surface area (TPSA) is 54.9 Å². The van der Waals surface area contributed by atoms with E-state index in [1.807, 2.05) is 30.3 Å². The normalized spacial score (nSPS) is 14.2. The highest BCUT2D eigenvalue weighted by molar-refractivity contribution is 7.22. The zero-order chi connectivity index (χ0) is 21.6. The van der Waals surface area contributed by atoms with E-state index in [2.05, 4.69) is 30.9 Å². The van der Waals surface area contributed by atoms with Crippen LogP contribution in [0.4, 0.5) is 5.13 Å². The molecule has 0 aliphatic carbocycles. The molecule has 1 aliphatic rings. The van der Waals surface area contributed by atoms with Gasteiger partial charge in [0.2, 0.25) is 0 Å². The van der Waals surface area contributed by atoms with Crippen LogP contribution in [0.15, 0.2) is 42.5 Å². The van der Waals surface area contributed by atoms with E-state index in [0.717, 1.165) is 60.2 Å². The second kappa shape index (κ2) is 11.6. The predicted octanol–water partition coefficient (Wildman–Crippen LogP) is 4.47. The van der Waals surface area contributed by atoms with Crippen molar-refractivity contribution >= 4 is 45.0 Å². The van der Waals surface area contributed by atoms with E-state index in [0.29, 0.717) is 12.3 Å². The van der Waals surface area contributed by atoms with Gasteiger partial charge in [-0.15, -0.1) is 12.4 Å². The van der Waals surface area contributed by atoms with E-state index in [9.17, 15) is 4.79 Å². The molecule has 0 bridgehead atoms. The van der Waals surface area contributed by atoms with E-state index in [-0.39, 0.29) is 24.9 Å². The highest BCUT2D eigenvalue weighted by Gasteiger charge is 2.21. The lowest BCUT2D eigenvalue weighted by atomic mass is 10.1. The summed E-state index contributed by atoms with van der Waals surface area (Å²) in [6.07, 6.45) is 0.880. The van der Waals surface area contributed by atoms with E-state index >= 15 is 0 Å². The number of hydrogen-bond acceptors (Lipinski definition) is 6. The lowest BCUT2D eigenvalue weighted by Crippen LogP contribution is -2.40. The van der Waals surface area contributed by atoms with Crippen molar-refractivity contribution in [2.45, 2.75) is 20.3 Å². The first-order chi connectivity index (χ1) is 15.1. The fourth-order valence-electron chi connectivity index (χ4n) is 3.82. The van der Waals surface area contributed by atoms with Crippen LogP contribution in [0, 0.1) is 13.8 Å². The fourth-order valence-corrected chi connectivity index (χ4v) is 5.00. The number of amides is 1. The van der Waals surface area contributed by atoms with E-state index in [1.54, 1.807) is 16.2 Å². The van der Waals surface area contributed by atoms with Crippen molar-refractivity contribution in [3.63, 3.8) is 0 Å². The van der Waals surface area contributed by atoms with E-state index in [1.165, 1.54) is 5.56 Å². The number of carbonyl (C=O) groups excluding carboxylic acids is 1. The summed E-state index contributed by atoms with van der Waals surface area (Å²) in [5.41, 5.74) is 3.32. The zero-order valence-corrected chi connectivity index (χ0v) is 20.2. The van der Waals surface area contributed by atoms with Crippen molar-refractivity contribution in [1.82, 2.24) is 9.88 Å². The standard InChI is InChI=1S/C24H29N3O3S.ClH/c1-18-15-19(2)23-21(16-18)31-24(25-23)27(10-6-9-26-11-13-29-14-12-26)22(28)17-30-20-7-4-3-5-8-20;/h3-5,7-8,15-16H,6,9-14,17H2,1-2H3;1H. The SMILES string of the molecule is Cc1cc(C)c2nc(N(CCCN3CCOCC3)C(=O)COc3ccccc3)sc2c1.Cl. The summed E-state index contributed by atoms with van der Waals surface area (Å²) in [5, 5.41) is 0.743. The molecule has 1 aromatic heterocycles. The maximum absolute atomic E-state index is 13.2. The van der Waals surface area contributed by atoms with Gasteiger partial charge < -0.3 is 9.47 Å². The molecule has 0 N–H and O–H groups in total. The van der Waals surface area contributed by atoms with Gasteiger partial charge in [-0.05, 0) is 49.6 Å². The number of rotatable bonds is 8. The van der Waals surface area contributed by atoms with Gasteiger partial charge in [-0.2, -0.15) is 0 Å². The van der Waals surface area contributed by atoms with Crippen molar-refractivity contribution in [2.24, 2.45) is 0 Å². The number of aromatic nitrogens is 1. The first-order valence-electron chi connectivity index (χ1n) is 10.8. The number of carbonyl (C=O) groups is 1. The lowest BCUT2D eigenvalue weighted by molar-refractivity contribution is -0.120. The van der Waals surface area contributed by atoms with Gasteiger partial charge >= 0.3 is 0 Å². The van der Waals surface area contributed by atoms with Gasteiger partial charge in [-0.3, -0.25) is 14.6 Å². The molecule has 1 saturated heterocycles. The second-order valence-electron chi connectivity index (χ2n) is 7.88. The van der Waals surface area contributed by atoms with E-state index < -0.39 is 0 Å². The Morgan fingerprint density at radius 3 is 2.69 bits per heavy atom. The highest BCUT2D eigenvalue weighted by Crippen LogP contribution is 2.32. The number of para-hydroxylation sites is 1. The molecule has 3 aromatic rings. The molecule has 1 amide bonds. The average Bonchev–Trinajstić information content (AvgIpc) is 3.20. The quantitative estimate of drug-likeness (QED) is 0.481. The molecule has 0 radical (unpaired) electrons. The predicted molar refractivity (Wildman–Crippen MR) is 133 cm³/mol. The average molecular weight is 476 g/mol. The highest BCUT2D eigenvalue weighted by atomic mass is 35.5. The van der Waals surface area contributed by atoms with Crippen molar-refractivity contribution < 1.29 is 14.3 Å². The molecule has 0 spiro atoms. The van der Waals surface area contributed by atoms with Crippen molar-refractivity contribution in [2.75, 3.05) is 50.9 Å². The van der Waals surface area contributed by atoms with Gasteiger partial charge in [0.05, 0.1) is 23.4 Å². The van der Waals surface area contributed by atoms with Gasteiger partial charge in [-0.25, -0.2) is 4.98 Å². The number of morpholine rings is 1. The minimum absolute atomic E-state index is 0. The zero-order valence-electron chi connectivity index (χ0n) is 18.6. The summed E-state index contributed by atoms with van der Waals surface area (Å²) in [6.45, 7) is 9.17. The number of thiazole rings is 1. The Balaban J connectivity index is 0.00000289. The number of anilines is 1. The van der Waals surface area contributed by atoms with Gasteiger partial charge in [0.25, 0.3) is 5.91 Å². The van der Waals surface area contributed by atoms with Gasteiger partial charge in [-0.1, -0.05) is 35.6 Å². The van der Waals surface area contributed by atoms with Crippen LogP contribution in [0.1, 0.15) is 17.5 Å². The maximum Gasteiger partial charge on any atom is 0.266 e. The van der Waals surface area contributed by atoms with Gasteiger partial charge in [0, 0.05) is 26.2 Å². The molecule has 2 aromatic carbocycles. The molecule has 0 saturated carbocycles. The fraction of sp³-hybridized carbons (Fsp3) is 0.417. The van der Waals surface area contributed by atoms with Crippen molar-refractivity contribution in [1.29, 1.82) is 0 Å². The summed E-state index contributed by atoms with van der Waals surface area (Å²) in [4.78, 5) is 22.2. The lowest BCUT2D eigenvalue weighted by Gasteiger charge is -2.27. The number of aryl methyl sites for hydroxylation is 2. The van der Waals surface area contributed by atoms with Gasteiger partial charge in [0.15, 0.2) is 11.7 Å². The van der Waals surface area contributed by atoms with Crippen LogP contribution in [0.2, 0.25) is 0 Å². The van der Waals surface area contributed by atoms with Crippen LogP contribution in [0.3, 0.4) is 0 Å². The molecule has 4 rings (SSSR count). The third-order valence-electron chi connectivity index (χ3n) is 5.42. The molecule has 1 aliphatic heterocycles. The maximum atomic E-state index is 13.2. The van der Waals surface area contributed by atoms with Crippen LogP contribution >= 0.6 is 23.7 Å². The molecule has 32 heavy (non-hydrogen) atoms. The summed E-state index contributed by atoms with van der Waals surface area (Å²) in [5.74, 6) is 0.624. The molecular formula is C24H30ClN3O3S. The van der Waals surface area contributed by atoms with Crippen LogP contribution in [-0.2, 0) is 9.53 Å². The largest absolute Gasteiger partial charge is 0.484 e. The van der Waals surface area contributed by atoms with Crippen LogP contribution in [0.5, 0.6) is 5.75 Å². The Kier molecular flexibility index (Phi) is 8.87. The van der Waals surface area contributed by atoms with Crippen molar-refractivity contribution in [3.8, 4) is 5.75 Å². The Bertz CT molecular complexity index is 1020. The Hall–Kier alpha value is -2.19. The number of ether oxygens (including phenoxy) is 2. The molecule has 0 atom stereocenters. The number of benzene rings is 2. The van der Waals surface area contributed by atoms with Crippen LogP contribution in [-0.4, -0.2) is 61.8 Å². The second-order valence-corrected chi connectivity index (χ2v) is 8.89. The number of halogens is 1. The number of nitrogens with zero attached hydrogens (tertiary/aromatic N) is 3. The smallest absolute Gasteiger partial charge is 0.266 e. The molecule has 1 fully saturated rings. The molecule has 8 heteroatoms. The summed E-state index contributed by atoms with van der Waals surface area (Å²) in [7, 11) is 0. The minimum Gasteiger partial charge on any atom is -0.484 e. The monoisotopic (exact) mass is 475 g/mol. The van der Waals surface area contributed by atoms with Gasteiger partial charge in [0.1, 0.15) is 5.75 Å². The van der Waals surface area contributed by atoms with Crippen molar-refractivity contribution in [3.05, 3.63) is 53.6 Å². The Morgan fingerprint density at radius 1 is 1.19 bits per heavy atom. The summed E-state index contributed by atoms with van der Waals surface area (Å²) < 4.78 is 12.3. The Labute approximate surface area is 199 Å². The van der Waals surface area contributed by atoms with Crippen LogP contribution < -0.4 is 9.64 Å². The summed E-state index contributed by atoms with van der Waals surface area (Å²) >= 11 is 1.57. The molecule has 2 heterocycles. The third-order valence-corrected chi connectivity index (χ3v) is 6.44. The summed E-state index contributed by atoms with van der Waals surface area (Å²) in [6, 6.07) is 13.7. The number of hydrogen-bond donors (Lipinski definition) is 0. The van der Waals surface area contributed by atoms with Crippen LogP contribution in [0.25, 0.3) is 10.2 Å². The third kappa shape index (κ3) is 6.19.